The number of aromatic nitrogens is 3. The number of hydrogen-bond acceptors (Lipinski definition) is 8. The van der Waals surface area contributed by atoms with Gasteiger partial charge in [-0.3, -0.25) is 0 Å². The molecule has 0 unspecified atom stereocenters. The van der Waals surface area contributed by atoms with Crippen LogP contribution in [0.1, 0.15) is 24.4 Å². The molecule has 9 nitrogen and oxygen atoms in total. The summed E-state index contributed by atoms with van der Waals surface area (Å²) in [5, 5.41) is 29.2. The van der Waals surface area contributed by atoms with Crippen LogP contribution in [-0.4, -0.2) is 63.1 Å². The lowest BCUT2D eigenvalue weighted by atomic mass is 10.1. The maximum absolute atomic E-state index is 10.8. The van der Waals surface area contributed by atoms with Gasteiger partial charge in [0.05, 0.1) is 17.5 Å². The van der Waals surface area contributed by atoms with E-state index in [2.05, 4.69) is 48.7 Å². The van der Waals surface area contributed by atoms with Crippen LogP contribution in [0.5, 0.6) is 11.5 Å². The first-order valence-corrected chi connectivity index (χ1v) is 14.2. The van der Waals surface area contributed by atoms with E-state index in [4.69, 9.17) is 10.5 Å². The lowest BCUT2D eigenvalue weighted by Crippen LogP contribution is -2.34. The summed E-state index contributed by atoms with van der Waals surface area (Å²) >= 11 is 3.52. The van der Waals surface area contributed by atoms with E-state index in [1.54, 1.807) is 0 Å². The van der Waals surface area contributed by atoms with Crippen molar-refractivity contribution in [3.63, 3.8) is 0 Å². The molecule has 2 heterocycles. The highest BCUT2D eigenvalue weighted by Crippen LogP contribution is 2.39. The van der Waals surface area contributed by atoms with E-state index in [9.17, 15) is 10.2 Å². The van der Waals surface area contributed by atoms with Crippen LogP contribution in [0.2, 0.25) is 0 Å². The first-order valence-electron chi connectivity index (χ1n) is 13.4. The Balaban J connectivity index is 1.01. The topological polar surface area (TPSA) is 130 Å². The van der Waals surface area contributed by atoms with E-state index < -0.39 is 12.2 Å². The van der Waals surface area contributed by atoms with Gasteiger partial charge in [0, 0.05) is 23.1 Å². The van der Waals surface area contributed by atoms with Crippen LogP contribution in [0, 0.1) is 5.92 Å². The Kier molecular flexibility index (Phi) is 9.10. The Morgan fingerprint density at radius 3 is 2.62 bits per heavy atom. The van der Waals surface area contributed by atoms with Gasteiger partial charge in [-0.05, 0) is 84.7 Å². The second-order valence-corrected chi connectivity index (χ2v) is 10.9. The quantitative estimate of drug-likeness (QED) is 0.157. The molecule has 0 spiro atoms. The Morgan fingerprint density at radius 2 is 1.77 bits per heavy atom. The summed E-state index contributed by atoms with van der Waals surface area (Å²) in [7, 11) is 0. The van der Waals surface area contributed by atoms with Gasteiger partial charge in [-0.2, -0.15) is 0 Å². The molecule has 4 atom stereocenters. The van der Waals surface area contributed by atoms with E-state index in [1.165, 1.54) is 11.9 Å². The van der Waals surface area contributed by atoms with Gasteiger partial charge in [0.25, 0.3) is 0 Å². The van der Waals surface area contributed by atoms with Gasteiger partial charge in [-0.25, -0.2) is 9.97 Å². The minimum atomic E-state index is -0.881. The van der Waals surface area contributed by atoms with E-state index in [-0.39, 0.29) is 12.0 Å². The lowest BCUT2D eigenvalue weighted by Gasteiger charge is -2.19. The number of halogens is 1. The van der Waals surface area contributed by atoms with Crippen LogP contribution in [0.3, 0.4) is 0 Å². The third kappa shape index (κ3) is 6.59. The summed E-state index contributed by atoms with van der Waals surface area (Å²) < 4.78 is 8.61. The molecular formula is C29H35BrN6O3. The van der Waals surface area contributed by atoms with Crippen molar-refractivity contribution in [3.8, 4) is 11.5 Å². The molecule has 2 aromatic heterocycles. The molecule has 1 aliphatic rings. The molecule has 10 heteroatoms. The van der Waals surface area contributed by atoms with Gasteiger partial charge in [-0.15, -0.1) is 0 Å². The Labute approximate surface area is 236 Å². The van der Waals surface area contributed by atoms with Crippen LogP contribution in [-0.2, 0) is 6.42 Å². The zero-order valence-electron chi connectivity index (χ0n) is 21.7. The molecule has 206 valence electrons. The number of hydrogen-bond donors (Lipinski definition) is 5. The predicted octanol–water partition coefficient (Wildman–Crippen LogP) is 3.66. The highest BCUT2D eigenvalue weighted by atomic mass is 79.9. The van der Waals surface area contributed by atoms with Gasteiger partial charge < -0.3 is 35.9 Å². The highest BCUT2D eigenvalue weighted by molar-refractivity contribution is 9.10. The summed E-state index contributed by atoms with van der Waals surface area (Å²) in [5.41, 5.74) is 7.90. The standard InChI is InChI=1S/C29H35BrN6O3/c30-23-17-36(29-25(23)28(31)34-18-35-29)24-15-20(26(37)27(24)38)16-33-12-5-11-32-13-10-19-6-4-9-22(14-19)39-21-7-2-1-3-8-21/h1-4,6-9,14,17-18,20,24,26-27,32-33,37-38H,5,10-13,15-16H2,(H2,31,34,35)/t20-,24-,26-,27+/m1/s1. The number of nitrogens with one attached hydrogen (secondary N) is 2. The molecular weight excluding hydrogens is 560 g/mol. The third-order valence-corrected chi connectivity index (χ3v) is 7.90. The van der Waals surface area contributed by atoms with E-state index in [0.717, 1.165) is 53.8 Å². The number of anilines is 1. The van der Waals surface area contributed by atoms with E-state index in [0.29, 0.717) is 24.4 Å². The first kappa shape index (κ1) is 27.5. The van der Waals surface area contributed by atoms with Gasteiger partial charge in [0.1, 0.15) is 35.4 Å². The Hall–Kier alpha value is -3.02. The predicted molar refractivity (Wildman–Crippen MR) is 156 cm³/mol. The molecule has 0 aliphatic heterocycles. The third-order valence-electron chi connectivity index (χ3n) is 7.30. The molecule has 4 aromatic rings. The Bertz CT molecular complexity index is 1370. The van der Waals surface area contributed by atoms with Gasteiger partial charge in [0.15, 0.2) is 0 Å². The fraction of sp³-hybridized carbons (Fsp3) is 0.379. The average molecular weight is 596 g/mol. The fourth-order valence-electron chi connectivity index (χ4n) is 5.27. The monoisotopic (exact) mass is 594 g/mol. The number of nitrogens with zero attached hydrogens (tertiary/aromatic N) is 3. The maximum atomic E-state index is 10.8. The zero-order chi connectivity index (χ0) is 27.2. The van der Waals surface area contributed by atoms with Crippen molar-refractivity contribution in [3.05, 3.63) is 77.2 Å². The van der Waals surface area contributed by atoms with Crippen molar-refractivity contribution in [1.82, 2.24) is 25.2 Å². The number of nitrogen functional groups attached to an aromatic ring is 1. The minimum Gasteiger partial charge on any atom is -0.457 e. The number of fused-ring (bicyclic) bond motifs is 1. The molecule has 0 bridgehead atoms. The van der Waals surface area contributed by atoms with Gasteiger partial charge >= 0.3 is 0 Å². The molecule has 1 fully saturated rings. The summed E-state index contributed by atoms with van der Waals surface area (Å²) in [5.74, 6) is 2.01. The number of benzene rings is 2. The highest BCUT2D eigenvalue weighted by Gasteiger charge is 2.42. The summed E-state index contributed by atoms with van der Waals surface area (Å²) in [6, 6.07) is 17.7. The molecule has 5 rings (SSSR count). The van der Waals surface area contributed by atoms with Crippen LogP contribution in [0.4, 0.5) is 5.82 Å². The number of aliphatic hydroxyl groups is 2. The number of nitrogens with two attached hydrogens (primary N) is 1. The summed E-state index contributed by atoms with van der Waals surface area (Å²) in [4.78, 5) is 8.42. The summed E-state index contributed by atoms with van der Waals surface area (Å²) in [6.07, 6.45) is 4.13. The number of para-hydroxylation sites is 1. The molecule has 2 aromatic carbocycles. The largest absolute Gasteiger partial charge is 0.457 e. The van der Waals surface area contributed by atoms with E-state index in [1.807, 2.05) is 53.2 Å². The fourth-order valence-corrected chi connectivity index (χ4v) is 5.87. The van der Waals surface area contributed by atoms with Gasteiger partial charge in [0.2, 0.25) is 0 Å². The number of aliphatic hydroxyl groups excluding tert-OH is 2. The van der Waals surface area contributed by atoms with Gasteiger partial charge in [-0.1, -0.05) is 30.3 Å². The van der Waals surface area contributed by atoms with Crippen LogP contribution >= 0.6 is 15.9 Å². The molecule has 0 saturated heterocycles. The van der Waals surface area contributed by atoms with Crippen molar-refractivity contribution in [2.24, 2.45) is 5.92 Å². The van der Waals surface area contributed by atoms with E-state index >= 15 is 0 Å². The van der Waals surface area contributed by atoms with Crippen molar-refractivity contribution in [1.29, 1.82) is 0 Å². The van der Waals surface area contributed by atoms with Crippen molar-refractivity contribution < 1.29 is 14.9 Å². The molecule has 0 amide bonds. The second kappa shape index (κ2) is 12.9. The molecule has 1 saturated carbocycles. The molecule has 1 aliphatic carbocycles. The van der Waals surface area contributed by atoms with Crippen molar-refractivity contribution >= 4 is 32.8 Å². The molecule has 0 radical (unpaired) electrons. The maximum Gasteiger partial charge on any atom is 0.146 e. The SMILES string of the molecule is Nc1ncnc2c1c(Br)cn2[C@@H]1C[C@H](CNCCCNCCc2cccc(Oc3ccccc3)c2)[C@@H](O)[C@H]1O. The van der Waals surface area contributed by atoms with Crippen LogP contribution in [0.25, 0.3) is 11.0 Å². The average Bonchev–Trinajstić information content (AvgIpc) is 3.42. The first-order chi connectivity index (χ1) is 19.0. The zero-order valence-corrected chi connectivity index (χ0v) is 23.3. The number of rotatable bonds is 12. The molecule has 6 N–H and O–H groups in total. The smallest absolute Gasteiger partial charge is 0.146 e. The van der Waals surface area contributed by atoms with Crippen LogP contribution in [0.15, 0.2) is 71.6 Å². The van der Waals surface area contributed by atoms with Crippen molar-refractivity contribution in [2.45, 2.75) is 37.5 Å². The normalized spacial score (nSPS) is 21.0. The van der Waals surface area contributed by atoms with Crippen molar-refractivity contribution in [2.75, 3.05) is 31.9 Å². The number of ether oxygens (including phenoxy) is 1. The lowest BCUT2D eigenvalue weighted by molar-refractivity contribution is 0.00693. The second-order valence-electron chi connectivity index (χ2n) is 10.0. The van der Waals surface area contributed by atoms with Crippen LogP contribution < -0.4 is 21.1 Å². The minimum absolute atomic E-state index is 0.0567. The molecule has 39 heavy (non-hydrogen) atoms. The Morgan fingerprint density at radius 1 is 0.974 bits per heavy atom. The summed E-state index contributed by atoms with van der Waals surface area (Å²) in [6.45, 7) is 3.26.